The summed E-state index contributed by atoms with van der Waals surface area (Å²) in [6, 6.07) is 19.4. The van der Waals surface area contributed by atoms with E-state index in [2.05, 4.69) is 0 Å². The molecule has 2 fully saturated rings. The Morgan fingerprint density at radius 2 is 1.67 bits per heavy atom. The lowest BCUT2D eigenvalue weighted by molar-refractivity contribution is -0.126. The van der Waals surface area contributed by atoms with Crippen molar-refractivity contribution in [1.82, 2.24) is 4.90 Å². The van der Waals surface area contributed by atoms with Crippen LogP contribution in [-0.2, 0) is 16.0 Å². The Labute approximate surface area is 219 Å². The molecule has 0 radical (unpaired) electrons. The Kier molecular flexibility index (Phi) is 6.49. The minimum absolute atomic E-state index is 0.259. The lowest BCUT2D eigenvalue weighted by Crippen LogP contribution is -2.54. The molecule has 0 saturated carbocycles. The molecule has 2 saturated heterocycles. The van der Waals surface area contributed by atoms with Crippen LogP contribution in [0.4, 0.5) is 10.5 Å². The fraction of sp³-hybridized carbons (Fsp3) is 0.250. The quantitative estimate of drug-likeness (QED) is 0.288. The van der Waals surface area contributed by atoms with Crippen molar-refractivity contribution in [3.63, 3.8) is 0 Å². The number of fused-ring (bicyclic) bond motifs is 1. The molecule has 1 unspecified atom stereocenters. The predicted octanol–water partition coefficient (Wildman–Crippen LogP) is 6.38. The van der Waals surface area contributed by atoms with Crippen molar-refractivity contribution in [2.75, 3.05) is 18.6 Å². The molecule has 36 heavy (non-hydrogen) atoms. The summed E-state index contributed by atoms with van der Waals surface area (Å²) in [5, 5.41) is 0.722. The molecule has 2 aliphatic rings. The number of carbonyl (C=O) groups is 3. The van der Waals surface area contributed by atoms with E-state index in [0.29, 0.717) is 40.7 Å². The zero-order valence-corrected chi connectivity index (χ0v) is 21.2. The number of nitrogens with zero attached hydrogens (tertiary/aromatic N) is 2. The third kappa shape index (κ3) is 4.14. The standard InChI is InChI=1S/C28H24Cl2N2O4/c1-36-25(33)24-7-3-2-6-23(24)19-10-8-18(9-11-19)17-28-12-4-5-13-31(28)27(35)32(26(28)34)22-15-20(29)14-21(30)16-22/h2-3,6-11,14-16H,4-5,12-13,17H2,1H3. The maximum atomic E-state index is 13.9. The third-order valence-electron chi connectivity index (χ3n) is 6.96. The van der Waals surface area contributed by atoms with Gasteiger partial charge in [-0.15, -0.1) is 0 Å². The van der Waals surface area contributed by atoms with Gasteiger partial charge in [-0.25, -0.2) is 14.5 Å². The van der Waals surface area contributed by atoms with E-state index in [-0.39, 0.29) is 11.9 Å². The van der Waals surface area contributed by atoms with Crippen LogP contribution in [-0.4, -0.2) is 42.0 Å². The van der Waals surface area contributed by atoms with Crippen molar-refractivity contribution >= 4 is 46.8 Å². The number of piperidine rings is 1. The Morgan fingerprint density at radius 1 is 0.972 bits per heavy atom. The second-order valence-corrected chi connectivity index (χ2v) is 9.97. The molecular weight excluding hydrogens is 499 g/mol. The second-order valence-electron chi connectivity index (χ2n) is 9.10. The van der Waals surface area contributed by atoms with E-state index in [0.717, 1.165) is 29.5 Å². The maximum Gasteiger partial charge on any atom is 0.338 e. The average molecular weight is 523 g/mol. The summed E-state index contributed by atoms with van der Waals surface area (Å²) < 4.78 is 4.92. The van der Waals surface area contributed by atoms with Crippen molar-refractivity contribution in [1.29, 1.82) is 0 Å². The maximum absolute atomic E-state index is 13.9. The highest BCUT2D eigenvalue weighted by atomic mass is 35.5. The van der Waals surface area contributed by atoms with Gasteiger partial charge in [0.15, 0.2) is 0 Å². The van der Waals surface area contributed by atoms with Gasteiger partial charge in [-0.05, 0) is 60.2 Å². The fourth-order valence-electron chi connectivity index (χ4n) is 5.27. The Hall–Kier alpha value is -3.35. The monoisotopic (exact) mass is 522 g/mol. The van der Waals surface area contributed by atoms with Gasteiger partial charge in [-0.3, -0.25) is 4.79 Å². The molecule has 0 aromatic heterocycles. The van der Waals surface area contributed by atoms with E-state index in [1.807, 2.05) is 36.4 Å². The topological polar surface area (TPSA) is 66.9 Å². The zero-order chi connectivity index (χ0) is 25.4. The number of esters is 1. The first-order valence-electron chi connectivity index (χ1n) is 11.7. The Balaban J connectivity index is 1.47. The number of rotatable bonds is 5. The largest absolute Gasteiger partial charge is 0.465 e. The number of hydrogen-bond donors (Lipinski definition) is 0. The van der Waals surface area contributed by atoms with Crippen LogP contribution < -0.4 is 4.90 Å². The predicted molar refractivity (Wildman–Crippen MR) is 140 cm³/mol. The van der Waals surface area contributed by atoms with Crippen LogP contribution in [0.25, 0.3) is 11.1 Å². The number of urea groups is 1. The second kappa shape index (κ2) is 9.60. The number of ether oxygens (including phenoxy) is 1. The summed E-state index contributed by atoms with van der Waals surface area (Å²) in [4.78, 5) is 42.4. The van der Waals surface area contributed by atoms with Crippen LogP contribution in [0, 0.1) is 0 Å². The molecule has 2 aliphatic heterocycles. The molecule has 1 atom stereocenters. The highest BCUT2D eigenvalue weighted by molar-refractivity contribution is 6.35. The highest BCUT2D eigenvalue weighted by Crippen LogP contribution is 2.42. The summed E-state index contributed by atoms with van der Waals surface area (Å²) in [6.07, 6.45) is 2.66. The molecule has 3 aromatic carbocycles. The van der Waals surface area contributed by atoms with Gasteiger partial charge in [0.1, 0.15) is 5.54 Å². The summed E-state index contributed by atoms with van der Waals surface area (Å²) in [6.45, 7) is 0.514. The van der Waals surface area contributed by atoms with Crippen LogP contribution in [0.2, 0.25) is 10.0 Å². The number of hydrogen-bond acceptors (Lipinski definition) is 4. The molecule has 5 rings (SSSR count). The Bertz CT molecular complexity index is 1340. The van der Waals surface area contributed by atoms with E-state index < -0.39 is 11.5 Å². The summed E-state index contributed by atoms with van der Waals surface area (Å²) >= 11 is 12.3. The first-order valence-corrected chi connectivity index (χ1v) is 12.5. The van der Waals surface area contributed by atoms with Crippen LogP contribution in [0.15, 0.2) is 66.7 Å². The molecule has 8 heteroatoms. The van der Waals surface area contributed by atoms with Crippen molar-refractivity contribution in [2.24, 2.45) is 0 Å². The van der Waals surface area contributed by atoms with Gasteiger partial charge < -0.3 is 9.64 Å². The van der Waals surface area contributed by atoms with Crippen LogP contribution in [0.3, 0.4) is 0 Å². The molecule has 0 aliphatic carbocycles. The molecular formula is C28H24Cl2N2O4. The van der Waals surface area contributed by atoms with Gasteiger partial charge >= 0.3 is 12.0 Å². The molecule has 6 nitrogen and oxygen atoms in total. The minimum atomic E-state index is -0.963. The summed E-state index contributed by atoms with van der Waals surface area (Å²) in [7, 11) is 1.36. The third-order valence-corrected chi connectivity index (χ3v) is 7.40. The van der Waals surface area contributed by atoms with Crippen LogP contribution >= 0.6 is 23.2 Å². The smallest absolute Gasteiger partial charge is 0.338 e. The lowest BCUT2D eigenvalue weighted by Gasteiger charge is -2.39. The lowest BCUT2D eigenvalue weighted by atomic mass is 9.81. The molecule has 2 heterocycles. The van der Waals surface area contributed by atoms with Crippen molar-refractivity contribution in [2.45, 2.75) is 31.2 Å². The average Bonchev–Trinajstić information content (AvgIpc) is 3.09. The molecule has 3 aromatic rings. The van der Waals surface area contributed by atoms with Gasteiger partial charge in [-0.1, -0.05) is 65.7 Å². The van der Waals surface area contributed by atoms with E-state index in [1.54, 1.807) is 35.2 Å². The van der Waals surface area contributed by atoms with E-state index in [1.165, 1.54) is 12.0 Å². The van der Waals surface area contributed by atoms with Gasteiger partial charge in [-0.2, -0.15) is 0 Å². The normalized spacial score (nSPS) is 19.4. The number of halogens is 2. The molecule has 3 amide bonds. The highest BCUT2D eigenvalue weighted by Gasteiger charge is 2.58. The molecule has 0 N–H and O–H groups in total. The first kappa shape index (κ1) is 24.3. The number of carbonyl (C=O) groups excluding carboxylic acids is 3. The molecule has 184 valence electrons. The van der Waals surface area contributed by atoms with Crippen LogP contribution in [0.5, 0.6) is 0 Å². The van der Waals surface area contributed by atoms with Crippen molar-refractivity contribution in [3.05, 3.63) is 87.9 Å². The number of benzene rings is 3. The van der Waals surface area contributed by atoms with Gasteiger partial charge in [0, 0.05) is 23.0 Å². The van der Waals surface area contributed by atoms with E-state index in [9.17, 15) is 14.4 Å². The first-order chi connectivity index (χ1) is 17.3. The SMILES string of the molecule is COC(=O)c1ccccc1-c1ccc(CC23CCCCN2C(=O)N(c2cc(Cl)cc(Cl)c2)C3=O)cc1. The summed E-state index contributed by atoms with van der Waals surface area (Å²) in [5.74, 6) is -0.659. The number of amides is 3. The molecule has 0 spiro atoms. The Morgan fingerprint density at radius 3 is 2.36 bits per heavy atom. The van der Waals surface area contributed by atoms with Crippen molar-refractivity contribution in [3.8, 4) is 11.1 Å². The number of methoxy groups -OCH3 is 1. The van der Waals surface area contributed by atoms with Crippen molar-refractivity contribution < 1.29 is 19.1 Å². The van der Waals surface area contributed by atoms with E-state index >= 15 is 0 Å². The zero-order valence-electron chi connectivity index (χ0n) is 19.7. The van der Waals surface area contributed by atoms with E-state index in [4.69, 9.17) is 27.9 Å². The fourth-order valence-corrected chi connectivity index (χ4v) is 5.79. The van der Waals surface area contributed by atoms with Gasteiger partial charge in [0.25, 0.3) is 5.91 Å². The minimum Gasteiger partial charge on any atom is -0.465 e. The number of imide groups is 1. The molecule has 0 bridgehead atoms. The van der Waals surface area contributed by atoms with Gasteiger partial charge in [0.2, 0.25) is 0 Å². The summed E-state index contributed by atoms with van der Waals surface area (Å²) in [5.41, 5.74) is 2.46. The van der Waals surface area contributed by atoms with Gasteiger partial charge in [0.05, 0.1) is 18.4 Å². The van der Waals surface area contributed by atoms with Crippen LogP contribution in [0.1, 0.15) is 35.2 Å². The number of anilines is 1.